The standard InChI is InChI=1S/C18H19N5O3S/c1-19-15(24)10-20-16(25)12-27-18-22-21-17(13-6-3-2-4-7-13)23(18)11-14-8-5-9-26-14/h2-9H,10-12H2,1H3,(H,19,24)(H,20,25). The number of carbonyl (C=O) groups is 2. The van der Waals surface area contributed by atoms with E-state index < -0.39 is 0 Å². The zero-order valence-corrected chi connectivity index (χ0v) is 15.5. The summed E-state index contributed by atoms with van der Waals surface area (Å²) in [5, 5.41) is 14.1. The number of likely N-dealkylation sites (N-methyl/N-ethyl adjacent to an activating group) is 1. The summed E-state index contributed by atoms with van der Waals surface area (Å²) >= 11 is 1.26. The van der Waals surface area contributed by atoms with Gasteiger partial charge in [-0.05, 0) is 12.1 Å². The molecule has 9 heteroatoms. The van der Waals surface area contributed by atoms with Crippen LogP contribution in [0.4, 0.5) is 0 Å². The summed E-state index contributed by atoms with van der Waals surface area (Å²) in [5.74, 6) is 1.08. The lowest BCUT2D eigenvalue weighted by Crippen LogP contribution is -2.36. The van der Waals surface area contributed by atoms with Crippen LogP contribution in [0.15, 0.2) is 58.3 Å². The SMILES string of the molecule is CNC(=O)CNC(=O)CSc1nnc(-c2ccccc2)n1Cc1ccco1. The monoisotopic (exact) mass is 385 g/mol. The molecule has 0 aliphatic rings. The minimum absolute atomic E-state index is 0.0513. The highest BCUT2D eigenvalue weighted by Crippen LogP contribution is 2.25. The van der Waals surface area contributed by atoms with Gasteiger partial charge in [-0.1, -0.05) is 42.1 Å². The van der Waals surface area contributed by atoms with E-state index in [2.05, 4.69) is 20.8 Å². The Morgan fingerprint density at radius 3 is 2.63 bits per heavy atom. The van der Waals surface area contributed by atoms with Crippen LogP contribution in [0.2, 0.25) is 0 Å². The predicted octanol–water partition coefficient (Wildman–Crippen LogP) is 1.54. The minimum atomic E-state index is -0.252. The van der Waals surface area contributed by atoms with Crippen LogP contribution in [0.25, 0.3) is 11.4 Å². The third kappa shape index (κ3) is 4.98. The number of amides is 2. The Morgan fingerprint density at radius 1 is 1.11 bits per heavy atom. The maximum Gasteiger partial charge on any atom is 0.239 e. The first-order chi connectivity index (χ1) is 13.2. The summed E-state index contributed by atoms with van der Waals surface area (Å²) < 4.78 is 7.35. The van der Waals surface area contributed by atoms with E-state index in [1.807, 2.05) is 47.0 Å². The Labute approximate surface area is 160 Å². The smallest absolute Gasteiger partial charge is 0.239 e. The van der Waals surface area contributed by atoms with Gasteiger partial charge >= 0.3 is 0 Å². The quantitative estimate of drug-likeness (QED) is 0.570. The number of carbonyl (C=O) groups excluding carboxylic acids is 2. The Kier molecular flexibility index (Phi) is 6.26. The second-order valence-electron chi connectivity index (χ2n) is 5.58. The van der Waals surface area contributed by atoms with Gasteiger partial charge in [0.25, 0.3) is 0 Å². The van der Waals surface area contributed by atoms with Crippen molar-refractivity contribution in [3.63, 3.8) is 0 Å². The summed E-state index contributed by atoms with van der Waals surface area (Å²) in [6, 6.07) is 13.4. The van der Waals surface area contributed by atoms with E-state index in [1.54, 1.807) is 6.26 Å². The highest BCUT2D eigenvalue weighted by Gasteiger charge is 2.17. The van der Waals surface area contributed by atoms with E-state index in [0.717, 1.165) is 11.3 Å². The normalized spacial score (nSPS) is 10.6. The van der Waals surface area contributed by atoms with Crippen molar-refractivity contribution in [1.29, 1.82) is 0 Å². The van der Waals surface area contributed by atoms with Gasteiger partial charge in [0.1, 0.15) is 5.76 Å². The molecule has 2 amide bonds. The lowest BCUT2D eigenvalue weighted by molar-refractivity contribution is -0.124. The lowest BCUT2D eigenvalue weighted by atomic mass is 10.2. The molecule has 0 aliphatic carbocycles. The molecule has 3 aromatic rings. The van der Waals surface area contributed by atoms with Crippen LogP contribution in [-0.2, 0) is 16.1 Å². The first-order valence-corrected chi connectivity index (χ1v) is 9.27. The van der Waals surface area contributed by atoms with Gasteiger partial charge in [-0.15, -0.1) is 10.2 Å². The van der Waals surface area contributed by atoms with Crippen molar-refractivity contribution in [1.82, 2.24) is 25.4 Å². The first-order valence-electron chi connectivity index (χ1n) is 8.28. The zero-order valence-electron chi connectivity index (χ0n) is 14.7. The number of furan rings is 1. The average molecular weight is 385 g/mol. The summed E-state index contributed by atoms with van der Waals surface area (Å²) in [4.78, 5) is 23.2. The molecule has 0 unspecified atom stereocenters. The van der Waals surface area contributed by atoms with E-state index in [-0.39, 0.29) is 24.1 Å². The van der Waals surface area contributed by atoms with Crippen molar-refractivity contribution in [3.8, 4) is 11.4 Å². The highest BCUT2D eigenvalue weighted by molar-refractivity contribution is 7.99. The third-order valence-corrected chi connectivity index (χ3v) is 4.67. The molecular formula is C18H19N5O3S. The molecule has 2 N–H and O–H groups in total. The summed E-state index contributed by atoms with van der Waals surface area (Å²) in [5.41, 5.74) is 0.924. The molecule has 0 radical (unpaired) electrons. The molecule has 0 saturated heterocycles. The Bertz CT molecular complexity index is 893. The summed E-state index contributed by atoms with van der Waals surface area (Å²) in [6.07, 6.45) is 1.61. The van der Waals surface area contributed by atoms with Crippen LogP contribution in [-0.4, -0.2) is 45.9 Å². The first kappa shape index (κ1) is 18.7. The van der Waals surface area contributed by atoms with Gasteiger partial charge in [-0.25, -0.2) is 0 Å². The van der Waals surface area contributed by atoms with Crippen molar-refractivity contribution in [2.45, 2.75) is 11.7 Å². The van der Waals surface area contributed by atoms with Crippen LogP contribution in [0.1, 0.15) is 5.76 Å². The van der Waals surface area contributed by atoms with Gasteiger partial charge in [0.05, 0.1) is 25.1 Å². The van der Waals surface area contributed by atoms with Crippen molar-refractivity contribution >= 4 is 23.6 Å². The molecule has 0 fully saturated rings. The number of hydrogen-bond donors (Lipinski definition) is 2. The maximum absolute atomic E-state index is 12.0. The van der Waals surface area contributed by atoms with Gasteiger partial charge in [-0.3, -0.25) is 14.2 Å². The van der Waals surface area contributed by atoms with Gasteiger partial charge in [0.15, 0.2) is 11.0 Å². The second-order valence-corrected chi connectivity index (χ2v) is 6.52. The number of nitrogens with zero attached hydrogens (tertiary/aromatic N) is 3. The summed E-state index contributed by atoms with van der Waals surface area (Å²) in [7, 11) is 1.52. The molecule has 1 aromatic carbocycles. The number of thioether (sulfide) groups is 1. The Balaban J connectivity index is 1.75. The van der Waals surface area contributed by atoms with Crippen LogP contribution < -0.4 is 10.6 Å². The fourth-order valence-electron chi connectivity index (χ4n) is 2.35. The van der Waals surface area contributed by atoms with Crippen molar-refractivity contribution < 1.29 is 14.0 Å². The van der Waals surface area contributed by atoms with Crippen molar-refractivity contribution in [2.24, 2.45) is 0 Å². The molecule has 2 aromatic heterocycles. The molecule has 0 saturated carbocycles. The predicted molar refractivity (Wildman–Crippen MR) is 101 cm³/mol. The maximum atomic E-state index is 12.0. The van der Waals surface area contributed by atoms with E-state index in [9.17, 15) is 9.59 Å². The molecule has 2 heterocycles. The number of nitrogens with one attached hydrogen (secondary N) is 2. The molecule has 0 aliphatic heterocycles. The molecule has 140 valence electrons. The molecule has 0 spiro atoms. The highest BCUT2D eigenvalue weighted by atomic mass is 32.2. The molecular weight excluding hydrogens is 366 g/mol. The van der Waals surface area contributed by atoms with E-state index in [4.69, 9.17) is 4.42 Å². The molecule has 8 nitrogen and oxygen atoms in total. The van der Waals surface area contributed by atoms with Crippen molar-refractivity contribution in [2.75, 3.05) is 19.3 Å². The van der Waals surface area contributed by atoms with Crippen LogP contribution in [0, 0.1) is 0 Å². The van der Waals surface area contributed by atoms with Crippen LogP contribution in [0.3, 0.4) is 0 Å². The average Bonchev–Trinajstić information content (AvgIpc) is 3.35. The third-order valence-electron chi connectivity index (χ3n) is 3.70. The second kappa shape index (κ2) is 9.04. The van der Waals surface area contributed by atoms with E-state index in [1.165, 1.54) is 18.8 Å². The van der Waals surface area contributed by atoms with Crippen molar-refractivity contribution in [3.05, 3.63) is 54.5 Å². The molecule has 0 bridgehead atoms. The minimum Gasteiger partial charge on any atom is -0.467 e. The van der Waals surface area contributed by atoms with Gasteiger partial charge < -0.3 is 15.1 Å². The topological polar surface area (TPSA) is 102 Å². The van der Waals surface area contributed by atoms with E-state index >= 15 is 0 Å². The Hall–Kier alpha value is -3.07. The summed E-state index contributed by atoms with van der Waals surface area (Å²) in [6.45, 7) is 0.399. The molecule has 0 atom stereocenters. The fourth-order valence-corrected chi connectivity index (χ4v) is 3.11. The van der Waals surface area contributed by atoms with E-state index in [0.29, 0.717) is 17.5 Å². The number of hydrogen-bond acceptors (Lipinski definition) is 6. The van der Waals surface area contributed by atoms with Crippen LogP contribution >= 0.6 is 11.8 Å². The van der Waals surface area contributed by atoms with Gasteiger partial charge in [0.2, 0.25) is 11.8 Å². The van der Waals surface area contributed by atoms with Gasteiger partial charge in [0, 0.05) is 12.6 Å². The van der Waals surface area contributed by atoms with Crippen LogP contribution in [0.5, 0.6) is 0 Å². The number of benzene rings is 1. The lowest BCUT2D eigenvalue weighted by Gasteiger charge is -2.09. The molecule has 27 heavy (non-hydrogen) atoms. The fraction of sp³-hybridized carbons (Fsp3) is 0.222. The zero-order chi connectivity index (χ0) is 19.1. The Morgan fingerprint density at radius 2 is 1.93 bits per heavy atom. The number of rotatable bonds is 8. The van der Waals surface area contributed by atoms with Gasteiger partial charge in [-0.2, -0.15) is 0 Å². The number of aromatic nitrogens is 3. The largest absolute Gasteiger partial charge is 0.467 e. The molecule has 3 rings (SSSR count).